The van der Waals surface area contributed by atoms with Crippen LogP contribution < -0.4 is 5.32 Å². The van der Waals surface area contributed by atoms with Crippen LogP contribution in [0.4, 0.5) is 5.69 Å². The number of carbonyl (C=O) groups is 1. The summed E-state index contributed by atoms with van der Waals surface area (Å²) >= 11 is 0. The molecule has 0 saturated carbocycles. The first-order chi connectivity index (χ1) is 9.67. The molecule has 0 aliphatic heterocycles. The smallest absolute Gasteiger partial charge is 0.358 e. The number of methoxy groups -OCH3 is 1. The van der Waals surface area contributed by atoms with Crippen molar-refractivity contribution in [2.45, 2.75) is 19.4 Å². The maximum Gasteiger partial charge on any atom is 0.358 e. The molecule has 0 radical (unpaired) electrons. The molecule has 106 valence electrons. The zero-order chi connectivity index (χ0) is 14.5. The Labute approximate surface area is 116 Å². The Kier molecular flexibility index (Phi) is 4.47. The van der Waals surface area contributed by atoms with Crippen molar-refractivity contribution < 1.29 is 14.6 Å². The number of carboxylic acid groups (broad SMARTS) is 1. The number of aromatic nitrogens is 2. The Morgan fingerprint density at radius 3 is 2.80 bits per heavy atom. The van der Waals surface area contributed by atoms with Crippen LogP contribution in [0.2, 0.25) is 0 Å². The lowest BCUT2D eigenvalue weighted by molar-refractivity contribution is 0.0690. The van der Waals surface area contributed by atoms with Gasteiger partial charge >= 0.3 is 5.97 Å². The minimum Gasteiger partial charge on any atom is -0.476 e. The summed E-state index contributed by atoms with van der Waals surface area (Å²) in [4.78, 5) is 11.3. The number of hydrogen-bond donors (Lipinski definition) is 2. The molecule has 1 unspecified atom stereocenters. The number of nitrogens with one attached hydrogen (secondary N) is 1. The summed E-state index contributed by atoms with van der Waals surface area (Å²) in [6.45, 7) is 2.50. The fourth-order valence-corrected chi connectivity index (χ4v) is 2.02. The van der Waals surface area contributed by atoms with Crippen LogP contribution in [-0.2, 0) is 4.74 Å². The van der Waals surface area contributed by atoms with E-state index >= 15 is 0 Å². The van der Waals surface area contributed by atoms with Gasteiger partial charge in [-0.1, -0.05) is 25.1 Å². The molecule has 1 atom stereocenters. The second-order valence-corrected chi connectivity index (χ2v) is 4.45. The molecular weight excluding hydrogens is 258 g/mol. The Morgan fingerprint density at radius 2 is 2.15 bits per heavy atom. The summed E-state index contributed by atoms with van der Waals surface area (Å²) < 4.78 is 5.13. The van der Waals surface area contributed by atoms with Crippen molar-refractivity contribution >= 4 is 22.6 Å². The molecule has 0 aliphatic carbocycles. The number of nitrogens with zero attached hydrogens (tertiary/aromatic N) is 2. The molecule has 1 aromatic heterocycles. The van der Waals surface area contributed by atoms with Gasteiger partial charge in [-0.15, -0.1) is 10.2 Å². The molecule has 6 nitrogen and oxygen atoms in total. The number of hydrogen-bond acceptors (Lipinski definition) is 5. The van der Waals surface area contributed by atoms with Gasteiger partial charge in [0, 0.05) is 18.5 Å². The van der Waals surface area contributed by atoms with E-state index in [2.05, 4.69) is 15.5 Å². The molecule has 2 rings (SSSR count). The third-order valence-corrected chi connectivity index (χ3v) is 3.08. The Bertz CT molecular complexity index is 616. The second kappa shape index (κ2) is 6.29. The van der Waals surface area contributed by atoms with E-state index in [1.54, 1.807) is 13.2 Å². The summed E-state index contributed by atoms with van der Waals surface area (Å²) in [6.07, 6.45) is 0.809. The van der Waals surface area contributed by atoms with Gasteiger partial charge in [-0.3, -0.25) is 0 Å². The molecule has 0 bridgehead atoms. The molecule has 1 heterocycles. The van der Waals surface area contributed by atoms with Gasteiger partial charge < -0.3 is 15.2 Å². The second-order valence-electron chi connectivity index (χ2n) is 4.45. The minimum atomic E-state index is -1.10. The fraction of sp³-hybridized carbons (Fsp3) is 0.357. The number of anilines is 1. The van der Waals surface area contributed by atoms with Crippen LogP contribution in [0.25, 0.3) is 10.9 Å². The normalized spacial score (nSPS) is 12.3. The number of fused-ring (bicyclic) bond motifs is 1. The molecule has 2 aromatic rings. The maximum atomic E-state index is 11.3. The van der Waals surface area contributed by atoms with Crippen LogP contribution in [0.15, 0.2) is 24.3 Å². The largest absolute Gasteiger partial charge is 0.476 e. The maximum absolute atomic E-state index is 11.3. The quantitative estimate of drug-likeness (QED) is 0.840. The van der Waals surface area contributed by atoms with E-state index in [-0.39, 0.29) is 11.7 Å². The van der Waals surface area contributed by atoms with Gasteiger partial charge in [0.1, 0.15) is 0 Å². The molecule has 1 aromatic carbocycles. The first kappa shape index (κ1) is 14.2. The summed E-state index contributed by atoms with van der Waals surface area (Å²) in [5, 5.41) is 21.0. The van der Waals surface area contributed by atoms with Crippen molar-refractivity contribution in [3.63, 3.8) is 0 Å². The SMILES string of the molecule is CCC(COC)Nc1c(C(=O)O)nnc2ccccc12. The van der Waals surface area contributed by atoms with Gasteiger partial charge in [0.25, 0.3) is 0 Å². The number of benzene rings is 1. The molecule has 0 amide bonds. The van der Waals surface area contributed by atoms with Crippen LogP contribution in [0, 0.1) is 0 Å². The highest BCUT2D eigenvalue weighted by molar-refractivity contribution is 6.02. The van der Waals surface area contributed by atoms with E-state index in [1.807, 2.05) is 25.1 Å². The summed E-state index contributed by atoms with van der Waals surface area (Å²) in [5.74, 6) is -1.10. The zero-order valence-corrected chi connectivity index (χ0v) is 11.5. The first-order valence-corrected chi connectivity index (χ1v) is 6.41. The van der Waals surface area contributed by atoms with Crippen LogP contribution in [0.5, 0.6) is 0 Å². The molecule has 0 aliphatic rings. The summed E-state index contributed by atoms with van der Waals surface area (Å²) in [6, 6.07) is 7.34. The lowest BCUT2D eigenvalue weighted by Gasteiger charge is -2.19. The summed E-state index contributed by atoms with van der Waals surface area (Å²) in [5.41, 5.74) is 1.08. The van der Waals surface area contributed by atoms with Crippen molar-refractivity contribution in [2.24, 2.45) is 0 Å². The van der Waals surface area contributed by atoms with E-state index in [0.29, 0.717) is 17.8 Å². The van der Waals surface area contributed by atoms with E-state index in [9.17, 15) is 9.90 Å². The lowest BCUT2D eigenvalue weighted by Crippen LogP contribution is -2.25. The molecule has 20 heavy (non-hydrogen) atoms. The number of carboxylic acids is 1. The third-order valence-electron chi connectivity index (χ3n) is 3.08. The Balaban J connectivity index is 2.51. The van der Waals surface area contributed by atoms with E-state index in [1.165, 1.54) is 0 Å². The molecule has 6 heteroatoms. The molecule has 0 fully saturated rings. The van der Waals surface area contributed by atoms with Gasteiger partial charge in [0.2, 0.25) is 0 Å². The highest BCUT2D eigenvalue weighted by Gasteiger charge is 2.18. The third kappa shape index (κ3) is 2.85. The van der Waals surface area contributed by atoms with Crippen LogP contribution in [0.3, 0.4) is 0 Å². The number of aromatic carboxylic acids is 1. The highest BCUT2D eigenvalue weighted by atomic mass is 16.5. The van der Waals surface area contributed by atoms with Gasteiger partial charge in [0.15, 0.2) is 5.69 Å². The monoisotopic (exact) mass is 275 g/mol. The first-order valence-electron chi connectivity index (χ1n) is 6.41. The van der Waals surface area contributed by atoms with Crippen molar-refractivity contribution in [1.29, 1.82) is 0 Å². The average molecular weight is 275 g/mol. The number of rotatable bonds is 6. The lowest BCUT2D eigenvalue weighted by atomic mass is 10.1. The number of ether oxygens (including phenoxy) is 1. The molecular formula is C14H17N3O3. The van der Waals surface area contributed by atoms with E-state index < -0.39 is 5.97 Å². The van der Waals surface area contributed by atoms with Crippen LogP contribution in [-0.4, -0.2) is 41.0 Å². The van der Waals surface area contributed by atoms with Crippen LogP contribution >= 0.6 is 0 Å². The minimum absolute atomic E-state index is 0.0192. The van der Waals surface area contributed by atoms with Gasteiger partial charge in [-0.25, -0.2) is 4.79 Å². The summed E-state index contributed by atoms with van der Waals surface area (Å²) in [7, 11) is 1.62. The van der Waals surface area contributed by atoms with Gasteiger partial charge in [0.05, 0.1) is 17.8 Å². The molecule has 2 N–H and O–H groups in total. The Morgan fingerprint density at radius 1 is 1.40 bits per heavy atom. The van der Waals surface area contributed by atoms with Crippen molar-refractivity contribution in [3.8, 4) is 0 Å². The average Bonchev–Trinajstić information content (AvgIpc) is 2.46. The zero-order valence-electron chi connectivity index (χ0n) is 11.5. The van der Waals surface area contributed by atoms with Gasteiger partial charge in [-0.05, 0) is 12.5 Å². The standard InChI is InChI=1S/C14H17N3O3/c1-3-9(8-20-2)15-12-10-6-4-5-7-11(10)16-17-13(12)14(18)19/h4-7,9H,3,8H2,1-2H3,(H,15,16)(H,18,19). The topological polar surface area (TPSA) is 84.3 Å². The van der Waals surface area contributed by atoms with Crippen molar-refractivity contribution in [1.82, 2.24) is 10.2 Å². The van der Waals surface area contributed by atoms with E-state index in [0.717, 1.165) is 11.8 Å². The molecule has 0 saturated heterocycles. The Hall–Kier alpha value is -2.21. The predicted molar refractivity (Wildman–Crippen MR) is 76.1 cm³/mol. The highest BCUT2D eigenvalue weighted by Crippen LogP contribution is 2.25. The van der Waals surface area contributed by atoms with Gasteiger partial charge in [-0.2, -0.15) is 0 Å². The van der Waals surface area contributed by atoms with E-state index in [4.69, 9.17) is 4.74 Å². The van der Waals surface area contributed by atoms with Crippen molar-refractivity contribution in [2.75, 3.05) is 19.0 Å². The molecule has 0 spiro atoms. The predicted octanol–water partition coefficient (Wildman–Crippen LogP) is 2.16. The van der Waals surface area contributed by atoms with Crippen LogP contribution in [0.1, 0.15) is 23.8 Å². The fourth-order valence-electron chi connectivity index (χ4n) is 2.02. The van der Waals surface area contributed by atoms with Crippen molar-refractivity contribution in [3.05, 3.63) is 30.0 Å².